The summed E-state index contributed by atoms with van der Waals surface area (Å²) >= 11 is 0. The molecule has 1 heterocycles. The van der Waals surface area contributed by atoms with Crippen LogP contribution < -0.4 is 5.73 Å². The minimum Gasteiger partial charge on any atom is -0.324 e. The molecular weight excluding hydrogens is 193 g/mol. The molecule has 0 aliphatic heterocycles. The minimum absolute atomic E-state index is 0.0248. The number of hydrogen-bond acceptors (Lipinski definition) is 2. The smallest absolute Gasteiger partial charge is 0.109 e. The van der Waals surface area contributed by atoms with Crippen LogP contribution in [0.5, 0.6) is 0 Å². The van der Waals surface area contributed by atoms with Crippen molar-refractivity contribution in [3.63, 3.8) is 0 Å². The summed E-state index contributed by atoms with van der Waals surface area (Å²) in [7, 11) is 0. The molecule has 0 spiro atoms. The second kappa shape index (κ2) is 5.26. The van der Waals surface area contributed by atoms with Gasteiger partial charge in [-0.1, -0.05) is 13.8 Å². The zero-order valence-electron chi connectivity index (χ0n) is 9.76. The topological polar surface area (TPSA) is 43.8 Å². The molecule has 3 nitrogen and oxygen atoms in total. The van der Waals surface area contributed by atoms with Gasteiger partial charge < -0.3 is 5.73 Å². The molecule has 1 unspecified atom stereocenters. The molecule has 86 valence electrons. The van der Waals surface area contributed by atoms with Gasteiger partial charge in [-0.25, -0.2) is 4.39 Å². The van der Waals surface area contributed by atoms with Crippen LogP contribution in [-0.2, 0) is 19.4 Å². The van der Waals surface area contributed by atoms with Crippen molar-refractivity contribution in [2.45, 2.75) is 46.2 Å². The lowest BCUT2D eigenvalue weighted by Gasteiger charge is -2.09. The minimum atomic E-state index is -0.379. The maximum Gasteiger partial charge on any atom is 0.109 e. The van der Waals surface area contributed by atoms with Crippen molar-refractivity contribution in [1.82, 2.24) is 9.78 Å². The van der Waals surface area contributed by atoms with Gasteiger partial charge in [-0.15, -0.1) is 0 Å². The fourth-order valence-electron chi connectivity index (χ4n) is 1.99. The molecule has 0 saturated heterocycles. The van der Waals surface area contributed by atoms with Crippen molar-refractivity contribution in [2.24, 2.45) is 5.73 Å². The second-order valence-corrected chi connectivity index (χ2v) is 3.71. The fourth-order valence-corrected chi connectivity index (χ4v) is 1.99. The highest BCUT2D eigenvalue weighted by Gasteiger charge is 2.17. The summed E-state index contributed by atoms with van der Waals surface area (Å²) in [5.74, 6) is 0. The van der Waals surface area contributed by atoms with Gasteiger partial charge >= 0.3 is 0 Å². The summed E-state index contributed by atoms with van der Waals surface area (Å²) < 4.78 is 14.1. The lowest BCUT2D eigenvalue weighted by atomic mass is 10.0. The Kier molecular flexibility index (Phi) is 4.27. The van der Waals surface area contributed by atoms with Crippen LogP contribution in [0.25, 0.3) is 0 Å². The maximum atomic E-state index is 12.3. The molecule has 4 heteroatoms. The third kappa shape index (κ3) is 2.37. The number of nitrogens with two attached hydrogens (primary N) is 1. The van der Waals surface area contributed by atoms with Crippen molar-refractivity contribution >= 4 is 0 Å². The first-order valence-electron chi connectivity index (χ1n) is 5.55. The van der Waals surface area contributed by atoms with Gasteiger partial charge in [0.25, 0.3) is 0 Å². The van der Waals surface area contributed by atoms with Gasteiger partial charge in [0.15, 0.2) is 0 Å². The molecule has 0 bridgehead atoms. The molecule has 0 aromatic carbocycles. The molecule has 1 atom stereocenters. The molecule has 0 aliphatic carbocycles. The van der Waals surface area contributed by atoms with E-state index in [0.717, 1.165) is 29.8 Å². The SMILES string of the molecule is CCc1nn(CCF)c(CC)c1C(C)N. The Labute approximate surface area is 90.5 Å². The van der Waals surface area contributed by atoms with Gasteiger partial charge in [0.1, 0.15) is 6.67 Å². The van der Waals surface area contributed by atoms with E-state index in [2.05, 4.69) is 12.0 Å². The van der Waals surface area contributed by atoms with E-state index in [9.17, 15) is 4.39 Å². The Hall–Kier alpha value is -0.900. The van der Waals surface area contributed by atoms with Crippen molar-refractivity contribution in [3.05, 3.63) is 17.0 Å². The molecule has 1 aromatic rings. The molecule has 15 heavy (non-hydrogen) atoms. The number of aryl methyl sites for hydroxylation is 2. The van der Waals surface area contributed by atoms with Gasteiger partial charge in [-0.2, -0.15) is 5.10 Å². The first kappa shape index (κ1) is 12.2. The summed E-state index contributed by atoms with van der Waals surface area (Å²) in [6, 6.07) is -0.0248. The molecule has 0 fully saturated rings. The molecule has 0 saturated carbocycles. The quantitative estimate of drug-likeness (QED) is 0.813. The van der Waals surface area contributed by atoms with Crippen LogP contribution in [0.15, 0.2) is 0 Å². The molecule has 0 amide bonds. The van der Waals surface area contributed by atoms with E-state index in [-0.39, 0.29) is 12.7 Å². The summed E-state index contributed by atoms with van der Waals surface area (Å²) in [6.07, 6.45) is 1.70. The van der Waals surface area contributed by atoms with E-state index in [1.54, 1.807) is 4.68 Å². The number of nitrogens with zero attached hydrogens (tertiary/aromatic N) is 2. The Morgan fingerprint density at radius 2 is 2.07 bits per heavy atom. The van der Waals surface area contributed by atoms with Gasteiger partial charge in [0.2, 0.25) is 0 Å². The summed E-state index contributed by atoms with van der Waals surface area (Å²) in [5, 5.41) is 4.41. The summed E-state index contributed by atoms with van der Waals surface area (Å²) in [4.78, 5) is 0. The van der Waals surface area contributed by atoms with Crippen molar-refractivity contribution < 1.29 is 4.39 Å². The van der Waals surface area contributed by atoms with Crippen LogP contribution in [0.3, 0.4) is 0 Å². The largest absolute Gasteiger partial charge is 0.324 e. The number of rotatable bonds is 5. The van der Waals surface area contributed by atoms with Crippen molar-refractivity contribution in [2.75, 3.05) is 6.67 Å². The summed E-state index contributed by atoms with van der Waals surface area (Å²) in [5.41, 5.74) is 9.13. The number of aromatic nitrogens is 2. The monoisotopic (exact) mass is 213 g/mol. The molecule has 0 radical (unpaired) electrons. The van der Waals surface area contributed by atoms with E-state index in [1.165, 1.54) is 0 Å². The highest BCUT2D eigenvalue weighted by molar-refractivity contribution is 5.29. The predicted molar refractivity (Wildman–Crippen MR) is 59.6 cm³/mol. The van der Waals surface area contributed by atoms with Gasteiger partial charge in [-0.3, -0.25) is 4.68 Å². The summed E-state index contributed by atoms with van der Waals surface area (Å²) in [6.45, 7) is 6.01. The van der Waals surface area contributed by atoms with E-state index in [0.29, 0.717) is 6.54 Å². The second-order valence-electron chi connectivity index (χ2n) is 3.71. The van der Waals surface area contributed by atoms with E-state index in [4.69, 9.17) is 5.73 Å². The third-order valence-corrected chi connectivity index (χ3v) is 2.60. The molecule has 0 aliphatic rings. The number of alkyl halides is 1. The van der Waals surface area contributed by atoms with E-state index < -0.39 is 0 Å². The van der Waals surface area contributed by atoms with Crippen LogP contribution in [-0.4, -0.2) is 16.5 Å². The average molecular weight is 213 g/mol. The van der Waals surface area contributed by atoms with Crippen LogP contribution in [0.2, 0.25) is 0 Å². The Morgan fingerprint density at radius 1 is 1.40 bits per heavy atom. The van der Waals surface area contributed by atoms with Gasteiger partial charge in [-0.05, 0) is 19.8 Å². The number of halogens is 1. The molecule has 2 N–H and O–H groups in total. The standard InChI is InChI=1S/C11H20FN3/c1-4-9-11(8(3)13)10(5-2)15(14-9)7-6-12/h8H,4-7,13H2,1-3H3. The Bertz CT molecular complexity index is 318. The van der Waals surface area contributed by atoms with Crippen LogP contribution in [0.4, 0.5) is 4.39 Å². The first-order chi connectivity index (χ1) is 7.15. The zero-order valence-corrected chi connectivity index (χ0v) is 9.76. The van der Waals surface area contributed by atoms with E-state index >= 15 is 0 Å². The fraction of sp³-hybridized carbons (Fsp3) is 0.727. The van der Waals surface area contributed by atoms with Crippen LogP contribution >= 0.6 is 0 Å². The van der Waals surface area contributed by atoms with E-state index in [1.807, 2.05) is 13.8 Å². The van der Waals surface area contributed by atoms with Gasteiger partial charge in [0.05, 0.1) is 12.2 Å². The van der Waals surface area contributed by atoms with Crippen molar-refractivity contribution in [1.29, 1.82) is 0 Å². The lowest BCUT2D eigenvalue weighted by Crippen LogP contribution is -2.11. The average Bonchev–Trinajstić information content (AvgIpc) is 2.56. The normalized spacial score (nSPS) is 13.1. The Balaban J connectivity index is 3.19. The van der Waals surface area contributed by atoms with Crippen molar-refractivity contribution in [3.8, 4) is 0 Å². The third-order valence-electron chi connectivity index (χ3n) is 2.60. The molecule has 1 aromatic heterocycles. The first-order valence-corrected chi connectivity index (χ1v) is 5.55. The Morgan fingerprint density at radius 3 is 2.47 bits per heavy atom. The lowest BCUT2D eigenvalue weighted by molar-refractivity contribution is 0.419. The maximum absolute atomic E-state index is 12.3. The molecular formula is C11H20FN3. The highest BCUT2D eigenvalue weighted by atomic mass is 19.1. The highest BCUT2D eigenvalue weighted by Crippen LogP contribution is 2.21. The van der Waals surface area contributed by atoms with Crippen LogP contribution in [0, 0.1) is 0 Å². The predicted octanol–water partition coefficient (Wildman–Crippen LogP) is 2.00. The zero-order chi connectivity index (χ0) is 11.4. The van der Waals surface area contributed by atoms with Gasteiger partial charge in [0, 0.05) is 17.3 Å². The van der Waals surface area contributed by atoms with Crippen LogP contribution in [0.1, 0.15) is 43.8 Å². The molecule has 1 rings (SSSR count). The number of hydrogen-bond donors (Lipinski definition) is 1.